The molecular weight excluding hydrogens is 683 g/mol. The predicted molar refractivity (Wildman–Crippen MR) is 249 cm³/mol. The summed E-state index contributed by atoms with van der Waals surface area (Å²) in [7, 11) is 0. The zero-order chi connectivity index (χ0) is 38.9. The summed E-state index contributed by atoms with van der Waals surface area (Å²) in [5.41, 5.74) is 0. The van der Waals surface area contributed by atoms with Gasteiger partial charge in [0.15, 0.2) is 5.05 Å². The summed E-state index contributed by atoms with van der Waals surface area (Å²) < 4.78 is 6.63. The van der Waals surface area contributed by atoms with Crippen molar-refractivity contribution in [1.82, 2.24) is 4.90 Å². The molecule has 0 aliphatic carbocycles. The summed E-state index contributed by atoms with van der Waals surface area (Å²) in [6.45, 7) is 13.5. The molecule has 0 fully saturated rings. The average molecular weight is 780 g/mol. The molecule has 0 saturated heterocycles. The zero-order valence-corrected chi connectivity index (χ0v) is 38.7. The van der Waals surface area contributed by atoms with Gasteiger partial charge in [-0.3, -0.25) is 0 Å². The molecule has 0 N–H and O–H groups in total. The summed E-state index contributed by atoms with van der Waals surface area (Å²) in [5, 5.41) is 0.960. The number of rotatable bonds is 43. The van der Waals surface area contributed by atoms with E-state index in [-0.39, 0.29) is 0 Å². The lowest BCUT2D eigenvalue weighted by atomic mass is 9.94. The highest BCUT2D eigenvalue weighted by Gasteiger charge is 2.19. The molecule has 4 heteroatoms. The molecular formula is C49H97NOS2. The maximum Gasteiger partial charge on any atom is 0.163 e. The number of unbranched alkanes of at least 4 members (excludes halogenated alkanes) is 30. The van der Waals surface area contributed by atoms with Crippen LogP contribution in [-0.2, 0) is 4.74 Å². The van der Waals surface area contributed by atoms with Gasteiger partial charge in [-0.2, -0.15) is 0 Å². The normalized spacial score (nSPS) is 12.1. The van der Waals surface area contributed by atoms with E-state index in [1.807, 2.05) is 0 Å². The molecule has 0 bridgehead atoms. The van der Waals surface area contributed by atoms with Crippen molar-refractivity contribution >= 4 is 34.5 Å². The molecule has 1 atom stereocenters. The van der Waals surface area contributed by atoms with Crippen LogP contribution in [-0.4, -0.2) is 34.1 Å². The maximum absolute atomic E-state index is 6.63. The predicted octanol–water partition coefficient (Wildman–Crippen LogP) is 17.9. The van der Waals surface area contributed by atoms with E-state index in [0.717, 1.165) is 29.5 Å². The summed E-state index contributed by atoms with van der Waals surface area (Å²) in [5.74, 6) is 0.485. The Bertz CT molecular complexity index is 729. The quantitative estimate of drug-likeness (QED) is 0.0451. The first-order valence-electron chi connectivity index (χ1n) is 24.5. The molecule has 0 aromatic carbocycles. The minimum Gasteiger partial charge on any atom is -0.484 e. The second-order valence-electron chi connectivity index (χ2n) is 17.0. The lowest BCUT2D eigenvalue weighted by Crippen LogP contribution is -2.29. The third-order valence-corrected chi connectivity index (χ3v) is 12.5. The van der Waals surface area contributed by atoms with Crippen molar-refractivity contribution in [2.24, 2.45) is 5.92 Å². The molecule has 0 saturated carbocycles. The highest BCUT2D eigenvalue weighted by molar-refractivity contribution is 7.80. The molecule has 0 aliphatic rings. The lowest BCUT2D eigenvalue weighted by molar-refractivity contribution is 0.160. The van der Waals surface area contributed by atoms with Gasteiger partial charge >= 0.3 is 0 Å². The second-order valence-corrected chi connectivity index (χ2v) is 18.0. The van der Waals surface area contributed by atoms with Crippen molar-refractivity contribution in [3.05, 3.63) is 0 Å². The largest absolute Gasteiger partial charge is 0.484 e. The van der Waals surface area contributed by atoms with Crippen LogP contribution in [0, 0.1) is 5.92 Å². The second kappa shape index (κ2) is 42.9. The van der Waals surface area contributed by atoms with Gasteiger partial charge in [0.2, 0.25) is 0 Å². The summed E-state index contributed by atoms with van der Waals surface area (Å²) in [6.07, 6.45) is 52.3. The van der Waals surface area contributed by atoms with Crippen LogP contribution in [0.15, 0.2) is 0 Å². The van der Waals surface area contributed by atoms with E-state index in [0.29, 0.717) is 12.0 Å². The number of hydrogen-bond acceptors (Lipinski definition) is 3. The number of hydrogen-bond donors (Lipinski definition) is 0. The van der Waals surface area contributed by atoms with Gasteiger partial charge in [-0.15, -0.1) is 0 Å². The first-order chi connectivity index (χ1) is 26.0. The van der Waals surface area contributed by atoms with Crippen molar-refractivity contribution in [3.8, 4) is 0 Å². The number of ether oxygens (including phenoxy) is 1. The monoisotopic (exact) mass is 780 g/mol. The minimum absolute atomic E-state index is 0.317. The van der Waals surface area contributed by atoms with Crippen LogP contribution in [0.3, 0.4) is 0 Å². The first-order valence-corrected chi connectivity index (χ1v) is 25.3. The molecule has 0 heterocycles. The maximum atomic E-state index is 6.63. The Balaban J connectivity index is 4.35. The van der Waals surface area contributed by atoms with Crippen LogP contribution < -0.4 is 0 Å². The lowest BCUT2D eigenvalue weighted by Gasteiger charge is -2.24. The van der Waals surface area contributed by atoms with Gasteiger partial charge in [-0.1, -0.05) is 239 Å². The summed E-state index contributed by atoms with van der Waals surface area (Å²) in [4.78, 5) is 3.45. The highest BCUT2D eigenvalue weighted by atomic mass is 32.1. The van der Waals surface area contributed by atoms with Gasteiger partial charge in [-0.25, -0.2) is 0 Å². The van der Waals surface area contributed by atoms with E-state index in [4.69, 9.17) is 29.2 Å². The highest BCUT2D eigenvalue weighted by Crippen LogP contribution is 2.24. The van der Waals surface area contributed by atoms with Crippen LogP contribution in [0.5, 0.6) is 0 Å². The van der Waals surface area contributed by atoms with Crippen molar-refractivity contribution in [2.75, 3.05) is 13.1 Å². The van der Waals surface area contributed by atoms with Gasteiger partial charge in [0.05, 0.1) is 11.1 Å². The fraction of sp³-hybridized carbons (Fsp3) is 0.959. The molecule has 53 heavy (non-hydrogen) atoms. The third kappa shape index (κ3) is 37.1. The topological polar surface area (TPSA) is 12.5 Å². The van der Waals surface area contributed by atoms with E-state index in [1.54, 1.807) is 0 Å². The van der Waals surface area contributed by atoms with Gasteiger partial charge < -0.3 is 9.64 Å². The molecule has 0 amide bonds. The van der Waals surface area contributed by atoms with Gasteiger partial charge in [0, 0.05) is 19.0 Å². The molecule has 0 spiro atoms. The molecule has 2 nitrogen and oxygen atoms in total. The van der Waals surface area contributed by atoms with E-state index >= 15 is 0 Å². The van der Waals surface area contributed by atoms with Crippen LogP contribution >= 0.6 is 24.4 Å². The molecule has 0 aliphatic heterocycles. The Morgan fingerprint density at radius 1 is 0.396 bits per heavy atom. The smallest absolute Gasteiger partial charge is 0.163 e. The Hall–Kier alpha value is -0.220. The molecule has 0 radical (unpaired) electrons. The van der Waals surface area contributed by atoms with Gasteiger partial charge in [0.1, 0.15) is 0 Å². The Morgan fingerprint density at radius 2 is 0.717 bits per heavy atom. The fourth-order valence-corrected chi connectivity index (χ4v) is 8.61. The SMILES string of the molecule is CCCCCCCCCCCCCCC(CCCCCCCCCCCCCC)C(=S)OC(CC)CCCCCCCCCCCN(CCC)C(C)=S. The van der Waals surface area contributed by atoms with Gasteiger partial charge in [0.25, 0.3) is 0 Å². The molecule has 0 aromatic rings. The summed E-state index contributed by atoms with van der Waals surface area (Å²) >= 11 is 11.5. The summed E-state index contributed by atoms with van der Waals surface area (Å²) in [6, 6.07) is 0. The van der Waals surface area contributed by atoms with Crippen LogP contribution in [0.2, 0.25) is 0 Å². The molecule has 1 unspecified atom stereocenters. The first kappa shape index (κ1) is 52.8. The van der Waals surface area contributed by atoms with Crippen molar-refractivity contribution in [1.29, 1.82) is 0 Å². The van der Waals surface area contributed by atoms with Crippen molar-refractivity contribution in [2.45, 2.75) is 285 Å². The Kier molecular flexibility index (Phi) is 42.7. The molecule has 0 rings (SSSR count). The fourth-order valence-electron chi connectivity index (χ4n) is 8.06. The van der Waals surface area contributed by atoms with Crippen LogP contribution in [0.25, 0.3) is 0 Å². The van der Waals surface area contributed by atoms with Crippen LogP contribution in [0.4, 0.5) is 0 Å². The third-order valence-electron chi connectivity index (χ3n) is 11.8. The average Bonchev–Trinajstić information content (AvgIpc) is 3.15. The molecule has 0 aromatic heterocycles. The van der Waals surface area contributed by atoms with Crippen LogP contribution in [0.1, 0.15) is 279 Å². The Morgan fingerprint density at radius 3 is 1.04 bits per heavy atom. The van der Waals surface area contributed by atoms with E-state index in [2.05, 4.69) is 39.5 Å². The van der Waals surface area contributed by atoms with Crippen molar-refractivity contribution in [3.63, 3.8) is 0 Å². The van der Waals surface area contributed by atoms with Gasteiger partial charge in [-0.05, 0) is 64.1 Å². The number of nitrogens with zero attached hydrogens (tertiary/aromatic N) is 1. The molecule has 316 valence electrons. The Labute approximate surface area is 346 Å². The minimum atomic E-state index is 0.317. The van der Waals surface area contributed by atoms with Crippen molar-refractivity contribution < 1.29 is 4.74 Å². The van der Waals surface area contributed by atoms with E-state index in [9.17, 15) is 0 Å². The standard InChI is InChI=1S/C49H97NOS2/c1-6-10-12-14-16-18-20-22-25-29-33-37-41-47(42-38-34-30-26-23-21-19-17-15-13-11-7-2)49(53)51-48(9-4)43-39-35-31-27-24-28-32-36-40-45-50(44-8-3)46(5)52/h47-48H,6-45H2,1-5H3. The zero-order valence-electron chi connectivity index (χ0n) is 37.1. The number of thiocarbonyl (C=S) groups is 2. The van der Waals surface area contributed by atoms with E-state index in [1.165, 1.54) is 238 Å². The van der Waals surface area contributed by atoms with E-state index < -0.39 is 0 Å².